The average molecular weight is 321 g/mol. The molecule has 5 heteroatoms. The Bertz CT molecular complexity index is 396. The van der Waals surface area contributed by atoms with Gasteiger partial charge in [-0.2, -0.15) is 0 Å². The highest BCUT2D eigenvalue weighted by molar-refractivity contribution is 9.10. The molecule has 0 saturated carbocycles. The largest absolute Gasteiger partial charge is 0.496 e. The van der Waals surface area contributed by atoms with Gasteiger partial charge in [-0.25, -0.2) is 0 Å². The fourth-order valence-corrected chi connectivity index (χ4v) is 1.76. The molecule has 0 aliphatic heterocycles. The van der Waals surface area contributed by atoms with E-state index in [1.54, 1.807) is 20.1 Å². The van der Waals surface area contributed by atoms with Crippen molar-refractivity contribution in [3.8, 4) is 5.75 Å². The van der Waals surface area contributed by atoms with Crippen molar-refractivity contribution in [2.24, 2.45) is 0 Å². The fourth-order valence-electron chi connectivity index (χ4n) is 1.40. The van der Waals surface area contributed by atoms with Gasteiger partial charge in [0.1, 0.15) is 5.75 Å². The number of carbonyl (C=O) groups excluding carboxylic acids is 1. The van der Waals surface area contributed by atoms with E-state index in [1.807, 2.05) is 12.1 Å². The van der Waals surface area contributed by atoms with Gasteiger partial charge in [-0.15, -0.1) is 0 Å². The summed E-state index contributed by atoms with van der Waals surface area (Å²) in [6, 6.07) is 5.46. The van der Waals surface area contributed by atoms with E-state index in [9.17, 15) is 4.79 Å². The first kappa shape index (κ1) is 14.3. The van der Waals surface area contributed by atoms with Gasteiger partial charge in [0.2, 0.25) is 5.91 Å². The van der Waals surface area contributed by atoms with E-state index < -0.39 is 0 Å². The maximum absolute atomic E-state index is 11.3. The minimum Gasteiger partial charge on any atom is -0.496 e. The first-order valence-electron chi connectivity index (χ1n) is 5.28. The van der Waals surface area contributed by atoms with Crippen LogP contribution in [0.15, 0.2) is 18.2 Å². The number of ether oxygens (including phenoxy) is 1. The lowest BCUT2D eigenvalue weighted by molar-refractivity contribution is -0.120. The quantitative estimate of drug-likeness (QED) is 0.847. The molecule has 0 saturated heterocycles. The third kappa shape index (κ3) is 4.56. The van der Waals surface area contributed by atoms with Gasteiger partial charge in [0.05, 0.1) is 11.9 Å². The highest BCUT2D eigenvalue weighted by Gasteiger charge is 2.08. The molecule has 0 aliphatic rings. The first-order valence-corrected chi connectivity index (χ1v) is 6.58. The van der Waals surface area contributed by atoms with E-state index in [-0.39, 0.29) is 10.7 Å². The Kier molecular flexibility index (Phi) is 5.78. The van der Waals surface area contributed by atoms with Gasteiger partial charge in [-0.05, 0) is 37.1 Å². The van der Waals surface area contributed by atoms with E-state index in [2.05, 4.69) is 21.2 Å². The van der Waals surface area contributed by atoms with Crippen LogP contribution in [-0.4, -0.2) is 24.4 Å². The molecule has 1 amide bonds. The number of rotatable bonds is 5. The van der Waals surface area contributed by atoms with Gasteiger partial charge in [0.15, 0.2) is 0 Å². The third-order valence-electron chi connectivity index (χ3n) is 2.30. The lowest BCUT2D eigenvalue weighted by Gasteiger charge is -2.10. The van der Waals surface area contributed by atoms with Crippen molar-refractivity contribution in [1.29, 1.82) is 0 Å². The number of methoxy groups -OCH3 is 1. The van der Waals surface area contributed by atoms with E-state index in [0.717, 1.165) is 11.3 Å². The number of carbonyl (C=O) groups is 1. The van der Waals surface area contributed by atoms with Crippen LogP contribution >= 0.6 is 27.5 Å². The van der Waals surface area contributed by atoms with Gasteiger partial charge in [-0.3, -0.25) is 4.79 Å². The Hall–Kier alpha value is -0.740. The standard InChI is InChI=1S/C12H15BrClNO2/c1-8(13)12(16)15-6-5-9-7-10(14)3-4-11(9)17-2/h3-4,7-8H,5-6H2,1-2H3,(H,15,16). The smallest absolute Gasteiger partial charge is 0.233 e. The fraction of sp³-hybridized carbons (Fsp3) is 0.417. The molecular formula is C12H15BrClNO2. The molecule has 0 spiro atoms. The molecule has 0 aliphatic carbocycles. The SMILES string of the molecule is COc1ccc(Cl)cc1CCNC(=O)C(C)Br. The van der Waals surface area contributed by atoms with Crippen LogP contribution < -0.4 is 10.1 Å². The normalized spacial score (nSPS) is 12.0. The van der Waals surface area contributed by atoms with Crippen molar-refractivity contribution in [1.82, 2.24) is 5.32 Å². The van der Waals surface area contributed by atoms with Crippen LogP contribution in [0.1, 0.15) is 12.5 Å². The molecule has 0 radical (unpaired) electrons. The van der Waals surface area contributed by atoms with Crippen LogP contribution in [0.4, 0.5) is 0 Å². The summed E-state index contributed by atoms with van der Waals surface area (Å²) >= 11 is 9.12. The molecule has 0 aromatic heterocycles. The molecule has 1 aromatic carbocycles. The van der Waals surface area contributed by atoms with Crippen molar-refractivity contribution in [3.05, 3.63) is 28.8 Å². The summed E-state index contributed by atoms with van der Waals surface area (Å²) in [5, 5.41) is 3.48. The number of alkyl halides is 1. The summed E-state index contributed by atoms with van der Waals surface area (Å²) in [6.45, 7) is 2.35. The number of amides is 1. The van der Waals surface area contributed by atoms with E-state index in [1.165, 1.54) is 0 Å². The van der Waals surface area contributed by atoms with Crippen molar-refractivity contribution in [3.63, 3.8) is 0 Å². The van der Waals surface area contributed by atoms with Crippen LogP contribution in [0.25, 0.3) is 0 Å². The molecule has 1 aromatic rings. The summed E-state index contributed by atoms with van der Waals surface area (Å²) in [5.41, 5.74) is 0.988. The molecule has 94 valence electrons. The van der Waals surface area contributed by atoms with Crippen molar-refractivity contribution < 1.29 is 9.53 Å². The minimum atomic E-state index is -0.177. The maximum Gasteiger partial charge on any atom is 0.233 e. The molecule has 1 rings (SSSR count). The van der Waals surface area contributed by atoms with E-state index in [4.69, 9.17) is 16.3 Å². The van der Waals surface area contributed by atoms with E-state index >= 15 is 0 Å². The zero-order valence-electron chi connectivity index (χ0n) is 9.80. The lowest BCUT2D eigenvalue weighted by atomic mass is 10.1. The highest BCUT2D eigenvalue weighted by Crippen LogP contribution is 2.22. The zero-order chi connectivity index (χ0) is 12.8. The molecule has 3 nitrogen and oxygen atoms in total. The second kappa shape index (κ2) is 6.87. The second-order valence-electron chi connectivity index (χ2n) is 3.61. The number of benzene rings is 1. The second-order valence-corrected chi connectivity index (χ2v) is 5.42. The van der Waals surface area contributed by atoms with Gasteiger partial charge in [0, 0.05) is 11.6 Å². The molecule has 17 heavy (non-hydrogen) atoms. The van der Waals surface area contributed by atoms with Crippen molar-refractivity contribution in [2.45, 2.75) is 18.2 Å². The Morgan fingerprint density at radius 3 is 2.88 bits per heavy atom. The summed E-state index contributed by atoms with van der Waals surface area (Å²) in [6.07, 6.45) is 0.690. The number of halogens is 2. The molecule has 1 N–H and O–H groups in total. The molecule has 0 heterocycles. The van der Waals surface area contributed by atoms with Crippen LogP contribution in [0, 0.1) is 0 Å². The predicted molar refractivity (Wildman–Crippen MR) is 73.1 cm³/mol. The van der Waals surface area contributed by atoms with Crippen LogP contribution in [0.2, 0.25) is 5.02 Å². The van der Waals surface area contributed by atoms with Crippen LogP contribution in [0.5, 0.6) is 5.75 Å². The molecular weight excluding hydrogens is 305 g/mol. The van der Waals surface area contributed by atoms with Crippen molar-refractivity contribution >= 4 is 33.4 Å². The van der Waals surface area contributed by atoms with Gasteiger partial charge < -0.3 is 10.1 Å². The highest BCUT2D eigenvalue weighted by atomic mass is 79.9. The first-order chi connectivity index (χ1) is 8.04. The summed E-state index contributed by atoms with van der Waals surface area (Å²) < 4.78 is 5.22. The van der Waals surface area contributed by atoms with Crippen LogP contribution in [-0.2, 0) is 11.2 Å². The molecule has 0 bridgehead atoms. The van der Waals surface area contributed by atoms with E-state index in [0.29, 0.717) is 18.0 Å². The number of nitrogens with one attached hydrogen (secondary N) is 1. The Labute approximate surface area is 115 Å². The minimum absolute atomic E-state index is 0.0222. The lowest BCUT2D eigenvalue weighted by Crippen LogP contribution is -2.31. The van der Waals surface area contributed by atoms with Gasteiger partial charge in [0.25, 0.3) is 0 Å². The molecule has 1 atom stereocenters. The number of hydrogen-bond acceptors (Lipinski definition) is 2. The van der Waals surface area contributed by atoms with Gasteiger partial charge >= 0.3 is 0 Å². The average Bonchev–Trinajstić information content (AvgIpc) is 2.29. The monoisotopic (exact) mass is 319 g/mol. The Morgan fingerprint density at radius 1 is 1.59 bits per heavy atom. The molecule has 0 fully saturated rings. The van der Waals surface area contributed by atoms with Gasteiger partial charge in [-0.1, -0.05) is 27.5 Å². The summed E-state index contributed by atoms with van der Waals surface area (Å²) in [5.74, 6) is 0.765. The Balaban J connectivity index is 2.56. The Morgan fingerprint density at radius 2 is 2.29 bits per heavy atom. The maximum atomic E-state index is 11.3. The number of hydrogen-bond donors (Lipinski definition) is 1. The van der Waals surface area contributed by atoms with Crippen LogP contribution in [0.3, 0.4) is 0 Å². The predicted octanol–water partition coefficient (Wildman–Crippen LogP) is 2.79. The third-order valence-corrected chi connectivity index (χ3v) is 2.95. The summed E-state index contributed by atoms with van der Waals surface area (Å²) in [7, 11) is 1.62. The molecule has 1 unspecified atom stereocenters. The summed E-state index contributed by atoms with van der Waals surface area (Å²) in [4.78, 5) is 11.2. The topological polar surface area (TPSA) is 38.3 Å². The van der Waals surface area contributed by atoms with Crippen molar-refractivity contribution in [2.75, 3.05) is 13.7 Å². The zero-order valence-corrected chi connectivity index (χ0v) is 12.1.